The van der Waals surface area contributed by atoms with Gasteiger partial charge >= 0.3 is 0 Å². The fourth-order valence-corrected chi connectivity index (χ4v) is 2.47. The van der Waals surface area contributed by atoms with Crippen molar-refractivity contribution in [2.24, 2.45) is 10.9 Å². The first-order valence-corrected chi connectivity index (χ1v) is 6.84. The minimum atomic E-state index is -0.365. The van der Waals surface area contributed by atoms with Crippen molar-refractivity contribution in [2.45, 2.75) is 13.5 Å². The second-order valence-electron chi connectivity index (χ2n) is 5.04. The third-order valence-electron chi connectivity index (χ3n) is 3.68. The highest BCUT2D eigenvalue weighted by molar-refractivity contribution is 5.97. The molecule has 0 saturated carbocycles. The third kappa shape index (κ3) is 3.68. The summed E-state index contributed by atoms with van der Waals surface area (Å²) in [5.74, 6) is -0.433. The number of oxime groups is 1. The maximum absolute atomic E-state index is 13.6. The van der Waals surface area contributed by atoms with E-state index in [4.69, 9.17) is 10.9 Å². The first kappa shape index (κ1) is 14.7. The second kappa shape index (κ2) is 6.67. The van der Waals surface area contributed by atoms with Gasteiger partial charge in [-0.15, -0.1) is 0 Å². The van der Waals surface area contributed by atoms with E-state index in [1.165, 1.54) is 12.1 Å². The quantitative estimate of drug-likeness (QED) is 0.374. The van der Waals surface area contributed by atoms with Crippen molar-refractivity contribution in [3.05, 3.63) is 35.1 Å². The summed E-state index contributed by atoms with van der Waals surface area (Å²) >= 11 is 0. The van der Waals surface area contributed by atoms with E-state index in [1.807, 2.05) is 0 Å². The number of hydrogen-bond donors (Lipinski definition) is 2. The lowest BCUT2D eigenvalue weighted by molar-refractivity contribution is 0.132. The lowest BCUT2D eigenvalue weighted by Gasteiger charge is -2.34. The molecule has 3 N–H and O–H groups in total. The number of amidine groups is 1. The number of likely N-dealkylation sites (N-methyl/N-ethyl adjacent to an activating group) is 1. The Morgan fingerprint density at radius 1 is 1.25 bits per heavy atom. The molecule has 1 saturated heterocycles. The minimum Gasteiger partial charge on any atom is -0.409 e. The van der Waals surface area contributed by atoms with Gasteiger partial charge in [-0.2, -0.15) is 0 Å². The Bertz CT molecular complexity index is 484. The summed E-state index contributed by atoms with van der Waals surface area (Å²) < 4.78 is 13.6. The van der Waals surface area contributed by atoms with E-state index < -0.39 is 0 Å². The van der Waals surface area contributed by atoms with Gasteiger partial charge in [-0.1, -0.05) is 12.1 Å². The van der Waals surface area contributed by atoms with Crippen molar-refractivity contribution >= 4 is 5.84 Å². The van der Waals surface area contributed by atoms with Crippen LogP contribution in [0, 0.1) is 5.82 Å². The van der Waals surface area contributed by atoms with Gasteiger partial charge in [-0.25, -0.2) is 4.39 Å². The van der Waals surface area contributed by atoms with Crippen LogP contribution in [0.5, 0.6) is 0 Å². The Morgan fingerprint density at radius 3 is 2.50 bits per heavy atom. The van der Waals surface area contributed by atoms with Gasteiger partial charge in [-0.05, 0) is 30.3 Å². The summed E-state index contributed by atoms with van der Waals surface area (Å²) in [7, 11) is 0. The van der Waals surface area contributed by atoms with Gasteiger partial charge in [0.25, 0.3) is 0 Å². The van der Waals surface area contributed by atoms with Crippen LogP contribution in [-0.4, -0.2) is 53.6 Å². The van der Waals surface area contributed by atoms with Crippen molar-refractivity contribution < 1.29 is 9.60 Å². The Hall–Kier alpha value is -1.66. The van der Waals surface area contributed by atoms with E-state index in [-0.39, 0.29) is 11.7 Å². The van der Waals surface area contributed by atoms with E-state index in [0.717, 1.165) is 38.3 Å². The summed E-state index contributed by atoms with van der Waals surface area (Å²) in [5.41, 5.74) is 6.77. The smallest absolute Gasteiger partial charge is 0.170 e. The van der Waals surface area contributed by atoms with Gasteiger partial charge in [0.05, 0.1) is 0 Å². The molecule has 1 heterocycles. The maximum Gasteiger partial charge on any atom is 0.170 e. The zero-order valence-electron chi connectivity index (χ0n) is 11.7. The van der Waals surface area contributed by atoms with Gasteiger partial charge in [-0.3, -0.25) is 4.90 Å². The zero-order chi connectivity index (χ0) is 14.5. The summed E-state index contributed by atoms with van der Waals surface area (Å²) in [6.45, 7) is 7.94. The van der Waals surface area contributed by atoms with Gasteiger partial charge in [0.1, 0.15) is 5.82 Å². The number of benzene rings is 1. The van der Waals surface area contributed by atoms with Crippen LogP contribution in [0.15, 0.2) is 23.4 Å². The molecule has 0 bridgehead atoms. The topological polar surface area (TPSA) is 65.1 Å². The molecule has 1 aromatic carbocycles. The van der Waals surface area contributed by atoms with Crippen LogP contribution < -0.4 is 5.73 Å². The summed E-state index contributed by atoms with van der Waals surface area (Å²) in [4.78, 5) is 4.68. The molecule has 0 aliphatic carbocycles. The zero-order valence-corrected chi connectivity index (χ0v) is 11.7. The standard InChI is InChI=1S/C14H21FN4O/c1-2-18-3-5-19(6-4-18)10-11-7-12(14(16)17-20)9-13(15)8-11/h7-9,20H,2-6,10H2,1H3,(H2,16,17). The first-order valence-electron chi connectivity index (χ1n) is 6.84. The van der Waals surface area contributed by atoms with Crippen LogP contribution in [0.25, 0.3) is 0 Å². The highest BCUT2D eigenvalue weighted by atomic mass is 19.1. The Balaban J connectivity index is 2.04. The number of halogens is 1. The molecule has 0 atom stereocenters. The summed E-state index contributed by atoms with van der Waals surface area (Å²) in [6, 6.07) is 4.54. The predicted octanol–water partition coefficient (Wildman–Crippen LogP) is 1.06. The van der Waals surface area contributed by atoms with E-state index in [1.54, 1.807) is 6.07 Å². The molecule has 0 unspecified atom stereocenters. The molecule has 2 rings (SSSR count). The predicted molar refractivity (Wildman–Crippen MR) is 76.3 cm³/mol. The Morgan fingerprint density at radius 2 is 1.90 bits per heavy atom. The first-order chi connectivity index (χ1) is 9.62. The highest BCUT2D eigenvalue weighted by Crippen LogP contribution is 2.13. The van der Waals surface area contributed by atoms with E-state index >= 15 is 0 Å². The van der Waals surface area contributed by atoms with Crippen LogP contribution in [-0.2, 0) is 6.54 Å². The average Bonchev–Trinajstić information content (AvgIpc) is 2.46. The fourth-order valence-electron chi connectivity index (χ4n) is 2.47. The summed E-state index contributed by atoms with van der Waals surface area (Å²) in [6.07, 6.45) is 0. The van der Waals surface area contributed by atoms with Crippen LogP contribution in [0.4, 0.5) is 4.39 Å². The van der Waals surface area contributed by atoms with Crippen LogP contribution in [0.2, 0.25) is 0 Å². The lowest BCUT2D eigenvalue weighted by atomic mass is 10.1. The molecular weight excluding hydrogens is 259 g/mol. The van der Waals surface area contributed by atoms with Gasteiger partial charge in [0.15, 0.2) is 5.84 Å². The number of nitrogens with two attached hydrogens (primary N) is 1. The van der Waals surface area contributed by atoms with Crippen molar-refractivity contribution in [2.75, 3.05) is 32.7 Å². The molecule has 1 aliphatic rings. The van der Waals surface area contributed by atoms with Gasteiger partial charge in [0.2, 0.25) is 0 Å². The number of rotatable bonds is 4. The molecule has 0 amide bonds. The molecule has 20 heavy (non-hydrogen) atoms. The van der Waals surface area contributed by atoms with Gasteiger partial charge < -0.3 is 15.8 Å². The largest absolute Gasteiger partial charge is 0.409 e. The fraction of sp³-hybridized carbons (Fsp3) is 0.500. The molecule has 1 aliphatic heterocycles. The average molecular weight is 280 g/mol. The number of hydrogen-bond acceptors (Lipinski definition) is 4. The van der Waals surface area contributed by atoms with Crippen LogP contribution >= 0.6 is 0 Å². The van der Waals surface area contributed by atoms with Crippen LogP contribution in [0.3, 0.4) is 0 Å². The Kier molecular flexibility index (Phi) is 4.92. The SMILES string of the molecule is CCN1CCN(Cc2cc(F)cc(/C(N)=N/O)c2)CC1. The highest BCUT2D eigenvalue weighted by Gasteiger charge is 2.16. The van der Waals surface area contributed by atoms with E-state index in [0.29, 0.717) is 12.1 Å². The van der Waals surface area contributed by atoms with E-state index in [9.17, 15) is 4.39 Å². The Labute approximate surface area is 118 Å². The lowest BCUT2D eigenvalue weighted by Crippen LogP contribution is -2.45. The van der Waals surface area contributed by atoms with Crippen molar-refractivity contribution in [1.29, 1.82) is 0 Å². The molecule has 0 radical (unpaired) electrons. The van der Waals surface area contributed by atoms with Crippen LogP contribution in [0.1, 0.15) is 18.1 Å². The molecular formula is C14H21FN4O. The molecule has 110 valence electrons. The molecule has 0 spiro atoms. The minimum absolute atomic E-state index is 0.0680. The summed E-state index contributed by atoms with van der Waals surface area (Å²) in [5, 5.41) is 11.6. The van der Waals surface area contributed by atoms with E-state index in [2.05, 4.69) is 21.9 Å². The molecule has 0 aromatic heterocycles. The van der Waals surface area contributed by atoms with Crippen molar-refractivity contribution in [1.82, 2.24) is 9.80 Å². The van der Waals surface area contributed by atoms with Crippen molar-refractivity contribution in [3.8, 4) is 0 Å². The molecule has 6 heteroatoms. The molecule has 1 fully saturated rings. The normalized spacial score (nSPS) is 18.4. The molecule has 5 nitrogen and oxygen atoms in total. The van der Waals surface area contributed by atoms with Gasteiger partial charge in [0, 0.05) is 38.3 Å². The monoisotopic (exact) mass is 280 g/mol. The second-order valence-corrected chi connectivity index (χ2v) is 5.04. The number of nitrogens with zero attached hydrogens (tertiary/aromatic N) is 3. The molecule has 1 aromatic rings. The third-order valence-corrected chi connectivity index (χ3v) is 3.68. The number of piperazine rings is 1. The van der Waals surface area contributed by atoms with Crippen molar-refractivity contribution in [3.63, 3.8) is 0 Å². The maximum atomic E-state index is 13.6.